The van der Waals surface area contributed by atoms with Crippen molar-refractivity contribution in [2.24, 2.45) is 0 Å². The van der Waals surface area contributed by atoms with Crippen molar-refractivity contribution in [3.8, 4) is 11.5 Å². The van der Waals surface area contributed by atoms with Crippen molar-refractivity contribution in [3.63, 3.8) is 0 Å². The van der Waals surface area contributed by atoms with Gasteiger partial charge in [-0.1, -0.05) is 45.8 Å². The van der Waals surface area contributed by atoms with E-state index in [2.05, 4.69) is 33.2 Å². The van der Waals surface area contributed by atoms with Gasteiger partial charge in [-0.25, -0.2) is 9.59 Å². The van der Waals surface area contributed by atoms with Crippen molar-refractivity contribution < 1.29 is 43.1 Å². The molecule has 14 heteroatoms. The fourth-order valence-corrected chi connectivity index (χ4v) is 3.63. The number of benzene rings is 2. The largest absolute Gasteiger partial charge is 0.490 e. The minimum absolute atomic E-state index is 0.0317. The van der Waals surface area contributed by atoms with Crippen LogP contribution in [-0.2, 0) is 18.9 Å². The molecule has 0 aliphatic heterocycles. The zero-order chi connectivity index (χ0) is 33.2. The number of carbonyl (C=O) groups is 2. The molecule has 2 rings (SSSR count). The van der Waals surface area contributed by atoms with E-state index in [0.717, 1.165) is 4.43 Å². The summed E-state index contributed by atoms with van der Waals surface area (Å²) in [6.45, 7) is 13.2. The Hall–Kier alpha value is -2.23. The quantitative estimate of drug-likeness (QED) is 0.101. The molecule has 11 nitrogen and oxygen atoms in total. The van der Waals surface area contributed by atoms with Gasteiger partial charge in [0, 0.05) is 27.9 Å². The van der Waals surface area contributed by atoms with E-state index in [1.165, 1.54) is 0 Å². The van der Waals surface area contributed by atoms with Crippen LogP contribution in [0.2, 0.25) is 10.0 Å². The van der Waals surface area contributed by atoms with Crippen molar-refractivity contribution in [2.45, 2.75) is 52.7 Å². The lowest BCUT2D eigenvalue weighted by molar-refractivity contribution is 0.0624. The lowest BCUT2D eigenvalue weighted by Gasteiger charge is -2.20. The summed E-state index contributed by atoms with van der Waals surface area (Å²) in [5.41, 5.74) is -0.0436. The van der Waals surface area contributed by atoms with Crippen LogP contribution < -0.4 is 20.1 Å². The summed E-state index contributed by atoms with van der Waals surface area (Å²) in [7, 11) is 0. The second kappa shape index (κ2) is 20.7. The van der Waals surface area contributed by atoms with Gasteiger partial charge in [0.15, 0.2) is 0 Å². The van der Waals surface area contributed by atoms with Crippen LogP contribution in [-0.4, -0.2) is 79.2 Å². The number of aliphatic hydroxyl groups excluding tert-OH is 1. The molecule has 0 spiro atoms. The summed E-state index contributed by atoms with van der Waals surface area (Å²) in [5, 5.41) is 14.7. The molecule has 2 aromatic rings. The van der Waals surface area contributed by atoms with E-state index < -0.39 is 23.4 Å². The molecule has 0 aliphatic rings. The van der Waals surface area contributed by atoms with Crippen molar-refractivity contribution in [3.05, 3.63) is 46.4 Å². The van der Waals surface area contributed by atoms with Crippen LogP contribution in [0.1, 0.15) is 41.5 Å². The van der Waals surface area contributed by atoms with Crippen LogP contribution >= 0.6 is 45.8 Å². The van der Waals surface area contributed by atoms with Gasteiger partial charge < -0.3 is 33.5 Å². The van der Waals surface area contributed by atoms with Crippen molar-refractivity contribution in [1.29, 1.82) is 0 Å². The SMILES string of the molecule is CC(C)(C)OC(=O)Nc1ccc(Cl)c(OCCOCCI)c1.CC(C)(C)OC(=O)Nc1ccc(Cl)c(OCCOCCO)c1. The van der Waals surface area contributed by atoms with Crippen LogP contribution in [0.4, 0.5) is 21.0 Å². The van der Waals surface area contributed by atoms with Crippen LogP contribution in [0.15, 0.2) is 36.4 Å². The number of ether oxygens (including phenoxy) is 6. The van der Waals surface area contributed by atoms with E-state index in [4.69, 9.17) is 56.7 Å². The molecule has 0 unspecified atom stereocenters. The molecule has 0 fully saturated rings. The Bertz CT molecular complexity index is 1070. The molecule has 0 bridgehead atoms. The number of rotatable bonds is 14. The molecular formula is C30H43Cl2IN2O9. The van der Waals surface area contributed by atoms with Gasteiger partial charge in [-0.15, -0.1) is 0 Å². The lowest BCUT2D eigenvalue weighted by Crippen LogP contribution is -2.27. The zero-order valence-electron chi connectivity index (χ0n) is 26.0. The van der Waals surface area contributed by atoms with E-state index in [1.54, 1.807) is 77.9 Å². The molecule has 3 N–H and O–H groups in total. The number of amides is 2. The highest BCUT2D eigenvalue weighted by Crippen LogP contribution is 2.29. The van der Waals surface area contributed by atoms with Gasteiger partial charge in [-0.05, 0) is 65.8 Å². The fraction of sp³-hybridized carbons (Fsp3) is 0.533. The Morgan fingerprint density at radius 2 is 1.11 bits per heavy atom. The third kappa shape index (κ3) is 19.2. The Labute approximate surface area is 283 Å². The van der Waals surface area contributed by atoms with Gasteiger partial charge in [0.1, 0.15) is 35.9 Å². The second-order valence-corrected chi connectivity index (χ2v) is 12.8. The first-order valence-electron chi connectivity index (χ1n) is 13.8. The molecule has 0 saturated carbocycles. The standard InChI is InChI=1S/C15H21ClINO4.C15H22ClNO5/c1-15(2,3)22-14(19)18-11-4-5-12(16)13(10-11)21-9-8-20-7-6-17;1-15(2,3)22-14(19)17-11-4-5-12(16)13(10-11)21-9-8-20-7-6-18/h4-5,10H,6-9H2,1-3H3,(H,18,19);4-5,10,18H,6-9H2,1-3H3,(H,17,19). The van der Waals surface area contributed by atoms with Crippen LogP contribution in [0, 0.1) is 0 Å². The van der Waals surface area contributed by atoms with E-state index in [-0.39, 0.29) is 19.8 Å². The first-order valence-corrected chi connectivity index (χ1v) is 16.1. The molecular weight excluding hydrogens is 730 g/mol. The second-order valence-electron chi connectivity index (χ2n) is 10.9. The molecule has 0 aliphatic carbocycles. The molecule has 2 aromatic carbocycles. The van der Waals surface area contributed by atoms with Gasteiger partial charge in [0.2, 0.25) is 0 Å². The van der Waals surface area contributed by atoms with Gasteiger partial charge >= 0.3 is 12.2 Å². The predicted molar refractivity (Wildman–Crippen MR) is 181 cm³/mol. The molecule has 0 aromatic heterocycles. The Kier molecular flexibility index (Phi) is 18.8. The van der Waals surface area contributed by atoms with Gasteiger partial charge in [0.05, 0.1) is 43.1 Å². The fourth-order valence-electron chi connectivity index (χ4n) is 2.97. The van der Waals surface area contributed by atoms with E-state index in [9.17, 15) is 9.59 Å². The van der Waals surface area contributed by atoms with Crippen molar-refractivity contribution >= 4 is 69.4 Å². The maximum Gasteiger partial charge on any atom is 0.412 e. The first-order chi connectivity index (χ1) is 20.6. The third-order valence-electron chi connectivity index (χ3n) is 4.58. The minimum Gasteiger partial charge on any atom is -0.490 e. The lowest BCUT2D eigenvalue weighted by atomic mass is 10.2. The summed E-state index contributed by atoms with van der Waals surface area (Å²) in [6.07, 6.45) is -1.07. The summed E-state index contributed by atoms with van der Waals surface area (Å²) < 4.78 is 32.7. The zero-order valence-corrected chi connectivity index (χ0v) is 29.6. The third-order valence-corrected chi connectivity index (χ3v) is 5.65. The van der Waals surface area contributed by atoms with Gasteiger partial charge in [-0.2, -0.15) is 0 Å². The molecule has 0 saturated heterocycles. The van der Waals surface area contributed by atoms with Crippen LogP contribution in [0.25, 0.3) is 0 Å². The number of alkyl halides is 1. The number of nitrogens with one attached hydrogen (secondary N) is 2. The van der Waals surface area contributed by atoms with E-state index in [0.29, 0.717) is 59.3 Å². The van der Waals surface area contributed by atoms with E-state index >= 15 is 0 Å². The number of anilines is 2. The number of aliphatic hydroxyl groups is 1. The highest BCUT2D eigenvalue weighted by molar-refractivity contribution is 14.1. The number of halogens is 3. The molecule has 2 amide bonds. The monoisotopic (exact) mass is 772 g/mol. The maximum absolute atomic E-state index is 11.7. The van der Waals surface area contributed by atoms with Crippen molar-refractivity contribution in [2.75, 3.05) is 61.3 Å². The summed E-state index contributed by atoms with van der Waals surface area (Å²) in [4.78, 5) is 23.4. The minimum atomic E-state index is -0.570. The molecule has 0 heterocycles. The molecule has 44 heavy (non-hydrogen) atoms. The smallest absolute Gasteiger partial charge is 0.412 e. The predicted octanol–water partition coefficient (Wildman–Crippen LogP) is 7.59. The van der Waals surface area contributed by atoms with Crippen molar-refractivity contribution in [1.82, 2.24) is 0 Å². The summed E-state index contributed by atoms with van der Waals surface area (Å²) in [6, 6.07) is 9.89. The number of hydrogen-bond acceptors (Lipinski definition) is 9. The van der Waals surface area contributed by atoms with Crippen LogP contribution in [0.3, 0.4) is 0 Å². The van der Waals surface area contributed by atoms with Crippen LogP contribution in [0.5, 0.6) is 11.5 Å². The normalized spacial score (nSPS) is 11.1. The average molecular weight is 773 g/mol. The van der Waals surface area contributed by atoms with E-state index in [1.807, 2.05) is 0 Å². The first kappa shape index (κ1) is 39.8. The Morgan fingerprint density at radius 3 is 1.48 bits per heavy atom. The van der Waals surface area contributed by atoms with Gasteiger partial charge in [0.25, 0.3) is 0 Å². The molecule has 248 valence electrons. The highest BCUT2D eigenvalue weighted by Gasteiger charge is 2.18. The summed E-state index contributed by atoms with van der Waals surface area (Å²) >= 11 is 14.3. The highest BCUT2D eigenvalue weighted by atomic mass is 127. The Morgan fingerprint density at radius 1 is 0.705 bits per heavy atom. The Balaban J connectivity index is 0.000000440. The summed E-state index contributed by atoms with van der Waals surface area (Å²) in [5.74, 6) is 0.927. The topological polar surface area (TPSA) is 134 Å². The molecule has 0 radical (unpaired) electrons. The maximum atomic E-state index is 11.7. The number of hydrogen-bond donors (Lipinski definition) is 3. The average Bonchev–Trinajstić information content (AvgIpc) is 2.90. The molecule has 0 atom stereocenters. The number of carbonyl (C=O) groups excluding carboxylic acids is 2. The van der Waals surface area contributed by atoms with Gasteiger partial charge in [-0.3, -0.25) is 10.6 Å².